The second-order valence-electron chi connectivity index (χ2n) is 5.17. The number of nitrogens with one attached hydrogen (secondary N) is 1. The third-order valence-electron chi connectivity index (χ3n) is 3.71. The molecule has 1 fully saturated rings. The van der Waals surface area contributed by atoms with Crippen LogP contribution in [0.15, 0.2) is 24.3 Å². The van der Waals surface area contributed by atoms with Gasteiger partial charge in [0.1, 0.15) is 5.75 Å². The maximum absolute atomic E-state index is 11.5. The second kappa shape index (κ2) is 6.06. The number of hydrogen-bond donors (Lipinski definition) is 1. The van der Waals surface area contributed by atoms with E-state index in [0.717, 1.165) is 18.7 Å². The molecule has 2 atom stereocenters. The minimum Gasteiger partial charge on any atom is -0.497 e. The van der Waals surface area contributed by atoms with E-state index in [4.69, 9.17) is 4.74 Å². The molecule has 0 aromatic heterocycles. The summed E-state index contributed by atoms with van der Waals surface area (Å²) < 4.78 is 5.25. The van der Waals surface area contributed by atoms with Gasteiger partial charge in [0.25, 0.3) is 0 Å². The quantitative estimate of drug-likeness (QED) is 0.902. The van der Waals surface area contributed by atoms with Gasteiger partial charge in [-0.15, -0.1) is 0 Å². The molecular weight excluding hydrogens is 240 g/mol. The molecule has 1 aliphatic heterocycles. The summed E-state index contributed by atoms with van der Waals surface area (Å²) in [6, 6.07) is 8.71. The number of amides is 1. The molecular formula is C15H22N2O2. The molecule has 19 heavy (non-hydrogen) atoms. The number of carbonyl (C=O) groups is 1. The van der Waals surface area contributed by atoms with Crippen molar-refractivity contribution in [2.24, 2.45) is 0 Å². The maximum atomic E-state index is 11.5. The molecule has 0 saturated carbocycles. The topological polar surface area (TPSA) is 41.6 Å². The summed E-state index contributed by atoms with van der Waals surface area (Å²) in [6.07, 6.45) is 1.55. The molecule has 0 radical (unpaired) electrons. The van der Waals surface area contributed by atoms with Gasteiger partial charge in [-0.05, 0) is 31.0 Å². The van der Waals surface area contributed by atoms with Crippen LogP contribution in [0.5, 0.6) is 5.75 Å². The van der Waals surface area contributed by atoms with Crippen LogP contribution in [-0.2, 0) is 4.79 Å². The van der Waals surface area contributed by atoms with Crippen LogP contribution in [-0.4, -0.2) is 37.6 Å². The lowest BCUT2D eigenvalue weighted by Crippen LogP contribution is -2.47. The number of nitrogens with zero attached hydrogens (tertiary/aromatic N) is 1. The van der Waals surface area contributed by atoms with E-state index in [1.807, 2.05) is 19.2 Å². The highest BCUT2D eigenvalue weighted by molar-refractivity contribution is 5.76. The predicted octanol–water partition coefficient (Wildman–Crippen LogP) is 1.97. The fourth-order valence-corrected chi connectivity index (χ4v) is 2.51. The summed E-state index contributed by atoms with van der Waals surface area (Å²) in [4.78, 5) is 13.3. The number of piperidine rings is 1. The Hall–Kier alpha value is -1.55. The summed E-state index contributed by atoms with van der Waals surface area (Å²) in [7, 11) is 3.55. The molecule has 0 aliphatic carbocycles. The SMILES string of the molecule is COc1cccc(C(C)NC2CCC(=O)N(C)C2)c1. The minimum absolute atomic E-state index is 0.243. The predicted molar refractivity (Wildman–Crippen MR) is 75.2 cm³/mol. The van der Waals surface area contributed by atoms with Gasteiger partial charge < -0.3 is 15.0 Å². The zero-order valence-electron chi connectivity index (χ0n) is 11.8. The van der Waals surface area contributed by atoms with Gasteiger partial charge in [-0.1, -0.05) is 12.1 Å². The Morgan fingerprint density at radius 3 is 2.95 bits per heavy atom. The number of carbonyl (C=O) groups excluding carboxylic acids is 1. The van der Waals surface area contributed by atoms with Gasteiger partial charge in [0.15, 0.2) is 0 Å². The molecule has 0 spiro atoms. The van der Waals surface area contributed by atoms with E-state index in [-0.39, 0.29) is 11.9 Å². The van der Waals surface area contributed by atoms with Crippen molar-refractivity contribution in [1.82, 2.24) is 10.2 Å². The van der Waals surface area contributed by atoms with Crippen molar-refractivity contribution in [3.05, 3.63) is 29.8 Å². The standard InChI is InChI=1S/C15H22N2O2/c1-11(12-5-4-6-14(9-12)19-3)16-13-7-8-15(18)17(2)10-13/h4-6,9,11,13,16H,7-8,10H2,1-3H3. The Balaban J connectivity index is 1.96. The van der Waals surface area contributed by atoms with Crippen LogP contribution in [0.2, 0.25) is 0 Å². The zero-order valence-corrected chi connectivity index (χ0v) is 11.8. The van der Waals surface area contributed by atoms with E-state index in [1.54, 1.807) is 12.0 Å². The highest BCUT2D eigenvalue weighted by Gasteiger charge is 2.23. The van der Waals surface area contributed by atoms with Crippen molar-refractivity contribution in [2.75, 3.05) is 20.7 Å². The smallest absolute Gasteiger partial charge is 0.222 e. The fourth-order valence-electron chi connectivity index (χ4n) is 2.51. The lowest BCUT2D eigenvalue weighted by molar-refractivity contribution is -0.132. The first-order chi connectivity index (χ1) is 9.10. The van der Waals surface area contributed by atoms with Gasteiger partial charge in [-0.25, -0.2) is 0 Å². The van der Waals surface area contributed by atoms with Crippen LogP contribution in [0.25, 0.3) is 0 Å². The van der Waals surface area contributed by atoms with Gasteiger partial charge in [0.05, 0.1) is 7.11 Å². The third-order valence-corrected chi connectivity index (χ3v) is 3.71. The lowest BCUT2D eigenvalue weighted by Gasteiger charge is -2.32. The van der Waals surface area contributed by atoms with E-state index in [2.05, 4.69) is 24.4 Å². The van der Waals surface area contributed by atoms with E-state index < -0.39 is 0 Å². The Bertz CT molecular complexity index is 448. The summed E-state index contributed by atoms with van der Waals surface area (Å²) in [5.41, 5.74) is 1.21. The molecule has 1 heterocycles. The van der Waals surface area contributed by atoms with Crippen molar-refractivity contribution >= 4 is 5.91 Å². The fraction of sp³-hybridized carbons (Fsp3) is 0.533. The van der Waals surface area contributed by atoms with Crippen molar-refractivity contribution in [1.29, 1.82) is 0 Å². The summed E-state index contributed by atoms with van der Waals surface area (Å²) in [6.45, 7) is 2.93. The monoisotopic (exact) mass is 262 g/mol. The van der Waals surface area contributed by atoms with Crippen molar-refractivity contribution in [3.8, 4) is 5.75 Å². The molecule has 1 N–H and O–H groups in total. The zero-order chi connectivity index (χ0) is 13.8. The summed E-state index contributed by atoms with van der Waals surface area (Å²) in [5.74, 6) is 1.12. The molecule has 0 bridgehead atoms. The van der Waals surface area contributed by atoms with Gasteiger partial charge >= 0.3 is 0 Å². The Morgan fingerprint density at radius 2 is 2.26 bits per heavy atom. The Labute approximate surface area is 114 Å². The number of likely N-dealkylation sites (tertiary alicyclic amines) is 1. The number of ether oxygens (including phenoxy) is 1. The summed E-state index contributed by atoms with van der Waals surface area (Å²) >= 11 is 0. The highest BCUT2D eigenvalue weighted by Crippen LogP contribution is 2.20. The third kappa shape index (κ3) is 3.47. The van der Waals surface area contributed by atoms with Crippen LogP contribution in [0.1, 0.15) is 31.4 Å². The van der Waals surface area contributed by atoms with E-state index >= 15 is 0 Å². The first kappa shape index (κ1) is 13.9. The molecule has 1 saturated heterocycles. The number of methoxy groups -OCH3 is 1. The van der Waals surface area contributed by atoms with E-state index in [0.29, 0.717) is 12.5 Å². The molecule has 1 amide bonds. The first-order valence-electron chi connectivity index (χ1n) is 6.74. The van der Waals surface area contributed by atoms with Gasteiger partial charge in [0, 0.05) is 32.1 Å². The van der Waals surface area contributed by atoms with E-state index in [9.17, 15) is 4.79 Å². The molecule has 104 valence electrons. The van der Waals surface area contributed by atoms with Gasteiger partial charge in [-0.2, -0.15) is 0 Å². The average molecular weight is 262 g/mol. The lowest BCUT2D eigenvalue weighted by atomic mass is 10.0. The molecule has 2 unspecified atom stereocenters. The van der Waals surface area contributed by atoms with Crippen LogP contribution in [0.4, 0.5) is 0 Å². The van der Waals surface area contributed by atoms with Crippen molar-refractivity contribution < 1.29 is 9.53 Å². The van der Waals surface area contributed by atoms with Crippen molar-refractivity contribution in [3.63, 3.8) is 0 Å². The average Bonchev–Trinajstić information content (AvgIpc) is 2.43. The van der Waals surface area contributed by atoms with Gasteiger partial charge in [-0.3, -0.25) is 4.79 Å². The van der Waals surface area contributed by atoms with Crippen LogP contribution in [0, 0.1) is 0 Å². The van der Waals surface area contributed by atoms with Crippen molar-refractivity contribution in [2.45, 2.75) is 31.8 Å². The largest absolute Gasteiger partial charge is 0.497 e. The van der Waals surface area contributed by atoms with Crippen LogP contribution in [0.3, 0.4) is 0 Å². The molecule has 1 aromatic rings. The molecule has 4 heteroatoms. The molecule has 1 aliphatic rings. The Morgan fingerprint density at radius 1 is 1.47 bits per heavy atom. The van der Waals surface area contributed by atoms with Crippen LogP contribution < -0.4 is 10.1 Å². The van der Waals surface area contributed by atoms with E-state index in [1.165, 1.54) is 5.56 Å². The maximum Gasteiger partial charge on any atom is 0.222 e. The number of likely N-dealkylation sites (N-methyl/N-ethyl adjacent to an activating group) is 1. The Kier molecular flexibility index (Phi) is 4.43. The second-order valence-corrected chi connectivity index (χ2v) is 5.17. The highest BCUT2D eigenvalue weighted by atomic mass is 16.5. The summed E-state index contributed by atoms with van der Waals surface area (Å²) in [5, 5.41) is 3.59. The number of rotatable bonds is 4. The molecule has 4 nitrogen and oxygen atoms in total. The normalized spacial score (nSPS) is 21.3. The van der Waals surface area contributed by atoms with Gasteiger partial charge in [0.2, 0.25) is 5.91 Å². The first-order valence-corrected chi connectivity index (χ1v) is 6.74. The number of benzene rings is 1. The minimum atomic E-state index is 0.243. The molecule has 1 aromatic carbocycles. The van der Waals surface area contributed by atoms with Crippen LogP contribution >= 0.6 is 0 Å². The number of hydrogen-bond acceptors (Lipinski definition) is 3. The molecule has 2 rings (SSSR count).